The summed E-state index contributed by atoms with van der Waals surface area (Å²) in [4.78, 5) is 25.0. The Morgan fingerprint density at radius 3 is 3.04 bits per heavy atom. The normalized spacial score (nSPS) is 17.8. The van der Waals surface area contributed by atoms with E-state index in [-0.39, 0.29) is 11.9 Å². The number of nitrogens with one attached hydrogen (secondary N) is 1. The highest BCUT2D eigenvalue weighted by molar-refractivity contribution is 7.08. The third-order valence-electron chi connectivity index (χ3n) is 3.96. The number of piperidine rings is 1. The van der Waals surface area contributed by atoms with Crippen molar-refractivity contribution in [1.29, 1.82) is 0 Å². The second-order valence-corrected chi connectivity index (χ2v) is 6.68. The van der Waals surface area contributed by atoms with Gasteiger partial charge in [0.05, 0.1) is 0 Å². The standard InChI is InChI=1S/C16H21N5OS/c1-20(2)14-8-15(18-11-17-14)21-6-3-4-13(9-21)19-16(22)12-5-7-23-10-12/h5,7-8,10-11,13H,3-4,6,9H2,1-2H3,(H,19,22). The lowest BCUT2D eigenvalue weighted by molar-refractivity contribution is 0.0933. The number of hydrogen-bond acceptors (Lipinski definition) is 6. The molecule has 122 valence electrons. The molecule has 0 aromatic carbocycles. The molecule has 6 nitrogen and oxygen atoms in total. The molecule has 2 aromatic heterocycles. The Labute approximate surface area is 140 Å². The lowest BCUT2D eigenvalue weighted by atomic mass is 10.1. The van der Waals surface area contributed by atoms with Crippen LogP contribution in [0.5, 0.6) is 0 Å². The van der Waals surface area contributed by atoms with Crippen molar-refractivity contribution in [3.63, 3.8) is 0 Å². The highest BCUT2D eigenvalue weighted by atomic mass is 32.1. The molecule has 0 spiro atoms. The van der Waals surface area contributed by atoms with Gasteiger partial charge in [-0.05, 0) is 24.3 Å². The molecule has 0 radical (unpaired) electrons. The predicted molar refractivity (Wildman–Crippen MR) is 93.4 cm³/mol. The van der Waals surface area contributed by atoms with E-state index >= 15 is 0 Å². The minimum atomic E-state index is 0.00904. The van der Waals surface area contributed by atoms with Crippen LogP contribution in [0.1, 0.15) is 23.2 Å². The Kier molecular flexibility index (Phi) is 4.76. The quantitative estimate of drug-likeness (QED) is 0.928. The fourth-order valence-electron chi connectivity index (χ4n) is 2.72. The molecular formula is C16H21N5OS. The number of carbonyl (C=O) groups excluding carboxylic acids is 1. The van der Waals surface area contributed by atoms with Crippen LogP contribution in [0.4, 0.5) is 11.6 Å². The number of thiophene rings is 1. The van der Waals surface area contributed by atoms with Crippen molar-refractivity contribution in [3.05, 3.63) is 34.8 Å². The van der Waals surface area contributed by atoms with Crippen LogP contribution in [-0.4, -0.2) is 49.1 Å². The van der Waals surface area contributed by atoms with Gasteiger partial charge in [-0.15, -0.1) is 0 Å². The van der Waals surface area contributed by atoms with Gasteiger partial charge in [0.2, 0.25) is 0 Å². The number of aromatic nitrogens is 2. The number of amides is 1. The first kappa shape index (κ1) is 15.7. The van der Waals surface area contributed by atoms with Crippen molar-refractivity contribution in [1.82, 2.24) is 15.3 Å². The summed E-state index contributed by atoms with van der Waals surface area (Å²) in [5.41, 5.74) is 0.740. The predicted octanol–water partition coefficient (Wildman–Crippen LogP) is 2.00. The van der Waals surface area contributed by atoms with E-state index in [9.17, 15) is 4.79 Å². The molecule has 1 fully saturated rings. The van der Waals surface area contributed by atoms with E-state index in [1.165, 1.54) is 11.3 Å². The van der Waals surface area contributed by atoms with Crippen molar-refractivity contribution in [2.45, 2.75) is 18.9 Å². The van der Waals surface area contributed by atoms with Gasteiger partial charge in [-0.2, -0.15) is 11.3 Å². The molecule has 23 heavy (non-hydrogen) atoms. The first-order valence-electron chi connectivity index (χ1n) is 7.71. The molecular weight excluding hydrogens is 310 g/mol. The maximum Gasteiger partial charge on any atom is 0.252 e. The summed E-state index contributed by atoms with van der Waals surface area (Å²) in [7, 11) is 3.93. The fourth-order valence-corrected chi connectivity index (χ4v) is 3.36. The Morgan fingerprint density at radius 1 is 1.43 bits per heavy atom. The molecule has 1 saturated heterocycles. The summed E-state index contributed by atoms with van der Waals surface area (Å²) in [6.45, 7) is 1.73. The molecule has 1 aliphatic rings. The van der Waals surface area contributed by atoms with E-state index in [1.807, 2.05) is 41.9 Å². The van der Waals surface area contributed by atoms with Crippen molar-refractivity contribution in [2.24, 2.45) is 0 Å². The van der Waals surface area contributed by atoms with E-state index < -0.39 is 0 Å². The summed E-state index contributed by atoms with van der Waals surface area (Å²) < 4.78 is 0. The molecule has 0 aliphatic carbocycles. The Morgan fingerprint density at radius 2 is 2.30 bits per heavy atom. The van der Waals surface area contributed by atoms with Crippen molar-refractivity contribution >= 4 is 28.9 Å². The van der Waals surface area contributed by atoms with Gasteiger partial charge in [0, 0.05) is 50.2 Å². The topological polar surface area (TPSA) is 61.4 Å². The summed E-state index contributed by atoms with van der Waals surface area (Å²) in [5, 5.41) is 6.93. The van der Waals surface area contributed by atoms with Crippen LogP contribution >= 0.6 is 11.3 Å². The maximum atomic E-state index is 12.2. The van der Waals surface area contributed by atoms with Crippen LogP contribution in [0.25, 0.3) is 0 Å². The van der Waals surface area contributed by atoms with Gasteiger partial charge in [0.15, 0.2) is 0 Å². The Bertz CT molecular complexity index is 658. The van der Waals surface area contributed by atoms with E-state index in [2.05, 4.69) is 20.2 Å². The van der Waals surface area contributed by atoms with Crippen LogP contribution in [0.15, 0.2) is 29.2 Å². The van der Waals surface area contributed by atoms with Crippen molar-refractivity contribution < 1.29 is 4.79 Å². The smallest absolute Gasteiger partial charge is 0.252 e. The molecule has 1 N–H and O–H groups in total. The number of nitrogens with zero attached hydrogens (tertiary/aromatic N) is 4. The number of hydrogen-bond donors (Lipinski definition) is 1. The van der Waals surface area contributed by atoms with Gasteiger partial charge in [-0.3, -0.25) is 4.79 Å². The number of anilines is 2. The summed E-state index contributed by atoms with van der Waals surface area (Å²) in [5.74, 6) is 1.81. The lowest BCUT2D eigenvalue weighted by Gasteiger charge is -2.34. The number of carbonyl (C=O) groups is 1. The van der Waals surface area contributed by atoms with Crippen LogP contribution in [0.3, 0.4) is 0 Å². The largest absolute Gasteiger partial charge is 0.363 e. The zero-order valence-electron chi connectivity index (χ0n) is 13.4. The third kappa shape index (κ3) is 3.79. The third-order valence-corrected chi connectivity index (χ3v) is 4.64. The Balaban J connectivity index is 1.66. The molecule has 7 heteroatoms. The monoisotopic (exact) mass is 331 g/mol. The number of rotatable bonds is 4. The van der Waals surface area contributed by atoms with Crippen LogP contribution < -0.4 is 15.1 Å². The molecule has 3 rings (SSSR count). The van der Waals surface area contributed by atoms with E-state index in [0.717, 1.165) is 43.1 Å². The SMILES string of the molecule is CN(C)c1cc(N2CCCC(NC(=O)c3ccsc3)C2)ncn1. The van der Waals surface area contributed by atoms with Crippen molar-refractivity contribution in [2.75, 3.05) is 37.0 Å². The minimum Gasteiger partial charge on any atom is -0.363 e. The summed E-state index contributed by atoms with van der Waals surface area (Å²) in [6.07, 6.45) is 3.63. The lowest BCUT2D eigenvalue weighted by Crippen LogP contribution is -2.48. The highest BCUT2D eigenvalue weighted by Gasteiger charge is 2.23. The first-order chi connectivity index (χ1) is 11.1. The van der Waals surface area contributed by atoms with E-state index in [4.69, 9.17) is 0 Å². The molecule has 1 unspecified atom stereocenters. The molecule has 1 aliphatic heterocycles. The summed E-state index contributed by atoms with van der Waals surface area (Å²) >= 11 is 1.54. The fraction of sp³-hybridized carbons (Fsp3) is 0.438. The van der Waals surface area contributed by atoms with Gasteiger partial charge in [-0.25, -0.2) is 9.97 Å². The second-order valence-electron chi connectivity index (χ2n) is 5.90. The highest BCUT2D eigenvalue weighted by Crippen LogP contribution is 2.20. The minimum absolute atomic E-state index is 0.00904. The van der Waals surface area contributed by atoms with Gasteiger partial charge >= 0.3 is 0 Å². The molecule has 3 heterocycles. The van der Waals surface area contributed by atoms with Crippen LogP contribution in [-0.2, 0) is 0 Å². The zero-order valence-corrected chi connectivity index (χ0v) is 14.2. The average Bonchev–Trinajstić information content (AvgIpc) is 3.10. The molecule has 1 atom stereocenters. The van der Waals surface area contributed by atoms with Crippen LogP contribution in [0.2, 0.25) is 0 Å². The van der Waals surface area contributed by atoms with Gasteiger partial charge in [0.25, 0.3) is 5.91 Å². The molecule has 2 aromatic rings. The maximum absolute atomic E-state index is 12.2. The van der Waals surface area contributed by atoms with Crippen LogP contribution in [0, 0.1) is 0 Å². The molecule has 1 amide bonds. The zero-order chi connectivity index (χ0) is 16.2. The van der Waals surface area contributed by atoms with E-state index in [0.29, 0.717) is 0 Å². The van der Waals surface area contributed by atoms with Gasteiger partial charge in [-0.1, -0.05) is 0 Å². The van der Waals surface area contributed by atoms with Gasteiger partial charge in [0.1, 0.15) is 18.0 Å². The molecule has 0 saturated carbocycles. The molecule has 0 bridgehead atoms. The summed E-state index contributed by atoms with van der Waals surface area (Å²) in [6, 6.07) is 3.99. The second kappa shape index (κ2) is 6.95. The average molecular weight is 331 g/mol. The van der Waals surface area contributed by atoms with E-state index in [1.54, 1.807) is 6.33 Å². The first-order valence-corrected chi connectivity index (χ1v) is 8.65. The Hall–Kier alpha value is -2.15. The van der Waals surface area contributed by atoms with Gasteiger partial charge < -0.3 is 15.1 Å². The van der Waals surface area contributed by atoms with Crippen molar-refractivity contribution in [3.8, 4) is 0 Å².